The molecule has 0 fully saturated rings. The maximum absolute atomic E-state index is 5.29. The van der Waals surface area contributed by atoms with Crippen LogP contribution >= 0.6 is 0 Å². The zero-order valence-corrected chi connectivity index (χ0v) is 30.8. The van der Waals surface area contributed by atoms with E-state index in [0.29, 0.717) is 0 Å². The smallest absolute Gasteiger partial charge is 0.0737 e. The number of hydrogen-bond acceptors (Lipinski definition) is 2. The molecule has 8 bridgehead atoms. The van der Waals surface area contributed by atoms with Gasteiger partial charge in [0.15, 0.2) is 0 Å². The monoisotopic (exact) mass is 728 g/mol. The van der Waals surface area contributed by atoms with Gasteiger partial charge in [-0.1, -0.05) is 109 Å². The minimum Gasteiger partial charge on any atom is -0.355 e. The van der Waals surface area contributed by atoms with Crippen molar-refractivity contribution in [3.05, 3.63) is 174 Å². The number of nitrogens with zero attached hydrogens (tertiary/aromatic N) is 3. The van der Waals surface area contributed by atoms with E-state index in [0.717, 1.165) is 83.9 Å². The summed E-state index contributed by atoms with van der Waals surface area (Å²) < 4.78 is 2.41. The van der Waals surface area contributed by atoms with Gasteiger partial charge in [-0.15, -0.1) is 0 Å². The van der Waals surface area contributed by atoms with Gasteiger partial charge in [0.05, 0.1) is 33.8 Å². The molecular formula is C44H30CdN4. The third-order valence-electron chi connectivity index (χ3n) is 8.87. The van der Waals surface area contributed by atoms with Gasteiger partial charge in [-0.25, -0.2) is 9.97 Å². The van der Waals surface area contributed by atoms with E-state index < -0.39 is 0 Å². The van der Waals surface area contributed by atoms with Gasteiger partial charge in [0.2, 0.25) is 0 Å². The molecule has 2 aliphatic heterocycles. The largest absolute Gasteiger partial charge is 0.355 e. The van der Waals surface area contributed by atoms with Crippen LogP contribution in [0.3, 0.4) is 0 Å². The number of benzene rings is 4. The van der Waals surface area contributed by atoms with Gasteiger partial charge in [-0.2, -0.15) is 0 Å². The Morgan fingerprint density at radius 2 is 0.898 bits per heavy atom. The second-order valence-corrected chi connectivity index (χ2v) is 12.0. The van der Waals surface area contributed by atoms with Crippen molar-refractivity contribution in [3.8, 4) is 39.1 Å². The van der Waals surface area contributed by atoms with Crippen molar-refractivity contribution in [2.45, 2.75) is 0 Å². The van der Waals surface area contributed by atoms with Crippen molar-refractivity contribution in [2.75, 3.05) is 0 Å². The van der Waals surface area contributed by atoms with Crippen LogP contribution in [0.25, 0.3) is 85.4 Å². The standard InChI is InChI=1S/C44H30N4.Cd/c1-5-13-30(14-6-1)41-39-26-25-36(47-39)28-35-22-21-33(45-35)27-34-23-24-37(46-34)29-40-42(31-15-7-2-8-16-31)43(32-17-9-3-10-18-32)44(41)48(40)38-19-11-4-12-20-38;/h1-29,45H;. The summed E-state index contributed by atoms with van der Waals surface area (Å²) >= 11 is 0. The summed E-state index contributed by atoms with van der Waals surface area (Å²) in [4.78, 5) is 13.9. The molecule has 4 aromatic carbocycles. The van der Waals surface area contributed by atoms with E-state index in [1.54, 1.807) is 0 Å². The van der Waals surface area contributed by atoms with Crippen LogP contribution in [-0.2, 0) is 27.3 Å². The van der Waals surface area contributed by atoms with Gasteiger partial charge in [0.1, 0.15) is 0 Å². The van der Waals surface area contributed by atoms with Gasteiger partial charge >= 0.3 is 0 Å². The van der Waals surface area contributed by atoms with Crippen LogP contribution in [0.4, 0.5) is 0 Å². The van der Waals surface area contributed by atoms with Gasteiger partial charge < -0.3 is 9.55 Å². The van der Waals surface area contributed by atoms with E-state index in [9.17, 15) is 0 Å². The maximum atomic E-state index is 5.29. The maximum Gasteiger partial charge on any atom is 0.0737 e. The van der Waals surface area contributed by atoms with E-state index in [1.165, 1.54) is 0 Å². The van der Waals surface area contributed by atoms with Crippen LogP contribution in [0.5, 0.6) is 0 Å². The van der Waals surface area contributed by atoms with Crippen molar-refractivity contribution in [2.24, 2.45) is 0 Å². The van der Waals surface area contributed by atoms with Gasteiger partial charge in [-0.05, 0) is 83.5 Å². The van der Waals surface area contributed by atoms with Crippen molar-refractivity contribution < 1.29 is 27.3 Å². The number of aromatic amines is 1. The number of rotatable bonds is 4. The molecule has 0 spiro atoms. The molecule has 9 rings (SSSR count). The van der Waals surface area contributed by atoms with E-state index in [2.05, 4.69) is 186 Å². The number of para-hydroxylation sites is 1. The molecule has 5 heterocycles. The first-order chi connectivity index (χ1) is 23.8. The average Bonchev–Trinajstić information content (AvgIpc) is 3.95. The van der Waals surface area contributed by atoms with Crippen molar-refractivity contribution >= 4 is 46.4 Å². The Hall–Kier alpha value is -5.60. The van der Waals surface area contributed by atoms with E-state index in [1.807, 2.05) is 0 Å². The fourth-order valence-electron chi connectivity index (χ4n) is 6.81. The summed E-state index contributed by atoms with van der Waals surface area (Å²) in [6, 6.07) is 53.3. The molecule has 2 aliphatic rings. The van der Waals surface area contributed by atoms with E-state index in [-0.39, 0.29) is 27.3 Å². The quantitative estimate of drug-likeness (QED) is 0.184. The zero-order chi connectivity index (χ0) is 31.9. The summed E-state index contributed by atoms with van der Waals surface area (Å²) in [6.07, 6.45) is 8.44. The third-order valence-corrected chi connectivity index (χ3v) is 8.87. The topological polar surface area (TPSA) is 46.5 Å². The predicted molar refractivity (Wildman–Crippen MR) is 200 cm³/mol. The van der Waals surface area contributed by atoms with Crippen LogP contribution < -0.4 is 0 Å². The number of fused-ring (bicyclic) bond motifs is 8. The molecule has 0 aliphatic carbocycles. The SMILES string of the molecule is C1=Cc2cc3c(-c4ccccc4)c(-c4ccccc4)c(c(-c4ccccc4)c4nc(cc5ccc(cc1n2)[nH]5)C=C4)n3-c1ccccc1.[Cd]. The molecule has 3 aromatic heterocycles. The first-order valence-electron chi connectivity index (χ1n) is 16.2. The van der Waals surface area contributed by atoms with Crippen LogP contribution in [0.15, 0.2) is 152 Å². The second kappa shape index (κ2) is 13.1. The third kappa shape index (κ3) is 5.78. The summed E-state index contributed by atoms with van der Waals surface area (Å²) in [6.45, 7) is 0. The van der Waals surface area contributed by atoms with E-state index in [4.69, 9.17) is 9.97 Å². The molecule has 228 valence electrons. The molecule has 4 nitrogen and oxygen atoms in total. The Bertz CT molecular complexity index is 2530. The van der Waals surface area contributed by atoms with Crippen molar-refractivity contribution in [1.82, 2.24) is 19.5 Å². The molecule has 0 saturated carbocycles. The Morgan fingerprint density at radius 3 is 1.49 bits per heavy atom. The predicted octanol–water partition coefficient (Wildman–Crippen LogP) is 11.1. The molecule has 49 heavy (non-hydrogen) atoms. The number of hydrogen-bond donors (Lipinski definition) is 1. The van der Waals surface area contributed by atoms with Crippen LogP contribution in [-0.4, -0.2) is 19.5 Å². The Balaban J connectivity index is 0.00000348. The Kier molecular flexibility index (Phi) is 8.23. The first kappa shape index (κ1) is 30.7. The number of nitrogens with one attached hydrogen (secondary N) is 1. The van der Waals surface area contributed by atoms with Gasteiger partial charge in [0, 0.05) is 60.7 Å². The molecule has 0 saturated heterocycles. The van der Waals surface area contributed by atoms with E-state index >= 15 is 0 Å². The molecule has 0 radical (unpaired) electrons. The first-order valence-corrected chi connectivity index (χ1v) is 16.2. The fraction of sp³-hybridized carbons (Fsp3) is 0. The van der Waals surface area contributed by atoms with Crippen LogP contribution in [0.1, 0.15) is 22.8 Å². The summed E-state index contributed by atoms with van der Waals surface area (Å²) in [7, 11) is 0. The molecule has 0 atom stereocenters. The Morgan fingerprint density at radius 1 is 0.429 bits per heavy atom. The summed E-state index contributed by atoms with van der Waals surface area (Å²) in [5.74, 6) is 0. The molecule has 0 amide bonds. The number of aromatic nitrogens is 4. The minimum atomic E-state index is 0. The van der Waals surface area contributed by atoms with Crippen LogP contribution in [0.2, 0.25) is 0 Å². The van der Waals surface area contributed by atoms with Crippen molar-refractivity contribution in [1.29, 1.82) is 0 Å². The van der Waals surface area contributed by atoms with Gasteiger partial charge in [0.25, 0.3) is 0 Å². The van der Waals surface area contributed by atoms with Crippen molar-refractivity contribution in [3.63, 3.8) is 0 Å². The molecule has 1 N–H and O–H groups in total. The summed E-state index contributed by atoms with van der Waals surface area (Å²) in [5.41, 5.74) is 15.4. The Labute approximate surface area is 305 Å². The normalized spacial score (nSPS) is 11.8. The molecule has 0 unspecified atom stereocenters. The summed E-state index contributed by atoms with van der Waals surface area (Å²) in [5, 5.41) is 0. The minimum absolute atomic E-state index is 0. The second-order valence-electron chi connectivity index (χ2n) is 12.0. The molecule has 5 heteroatoms. The van der Waals surface area contributed by atoms with Gasteiger partial charge in [-0.3, -0.25) is 0 Å². The molecular weight excluding hydrogens is 697 g/mol. The zero-order valence-electron chi connectivity index (χ0n) is 26.8. The van der Waals surface area contributed by atoms with Crippen LogP contribution in [0, 0.1) is 0 Å². The molecule has 7 aromatic rings. The fourth-order valence-corrected chi connectivity index (χ4v) is 6.81. The average molecular weight is 727 g/mol. The number of H-pyrrole nitrogens is 1.